The van der Waals surface area contributed by atoms with Gasteiger partial charge in [0.1, 0.15) is 17.1 Å². The van der Waals surface area contributed by atoms with Crippen molar-refractivity contribution in [3.8, 4) is 6.07 Å². The first-order valence-electron chi connectivity index (χ1n) is 9.16. The minimum Gasteiger partial charge on any atom is -0.332 e. The summed E-state index contributed by atoms with van der Waals surface area (Å²) in [5, 5.41) is 16.4. The number of quaternary nitrogens is 1. The number of anilines is 1. The van der Waals surface area contributed by atoms with Crippen LogP contribution in [0.3, 0.4) is 0 Å². The van der Waals surface area contributed by atoms with E-state index in [1.165, 1.54) is 22.5 Å². The van der Waals surface area contributed by atoms with E-state index in [0.717, 1.165) is 6.42 Å². The van der Waals surface area contributed by atoms with E-state index >= 15 is 0 Å². The molecule has 0 radical (unpaired) electrons. The maximum atomic E-state index is 12.3. The van der Waals surface area contributed by atoms with Crippen LogP contribution < -0.4 is 10.6 Å². The van der Waals surface area contributed by atoms with E-state index in [-0.39, 0.29) is 11.9 Å². The lowest BCUT2D eigenvalue weighted by Crippen LogP contribution is -2.88. The molecule has 0 fully saturated rings. The number of hydrogen-bond donors (Lipinski definition) is 2. The Bertz CT molecular complexity index is 758. The topological polar surface area (TPSA) is 69.5 Å². The quantitative estimate of drug-likeness (QED) is 0.736. The van der Waals surface area contributed by atoms with E-state index < -0.39 is 0 Å². The number of carbonyl (C=O) groups is 1. The van der Waals surface area contributed by atoms with Crippen LogP contribution in [0.5, 0.6) is 0 Å². The Hall–Kier alpha value is -2.16. The molecule has 2 atom stereocenters. The first-order chi connectivity index (χ1) is 12.5. The first-order valence-corrected chi connectivity index (χ1v) is 10.0. The van der Waals surface area contributed by atoms with Crippen LogP contribution in [0.1, 0.15) is 62.8 Å². The van der Waals surface area contributed by atoms with E-state index in [0.29, 0.717) is 28.9 Å². The molecule has 1 amide bonds. The number of hydrogen-bond acceptors (Lipinski definition) is 3. The zero-order valence-electron chi connectivity index (χ0n) is 16.0. The number of nitrogens with two attached hydrogens (primary N) is 1. The summed E-state index contributed by atoms with van der Waals surface area (Å²) in [5.74, 6) is 0.899. The Balaban J connectivity index is 2.00. The number of nitrogens with zero attached hydrogens (tertiary/aromatic N) is 1. The van der Waals surface area contributed by atoms with Gasteiger partial charge >= 0.3 is 0 Å². The average Bonchev–Trinajstić information content (AvgIpc) is 3.08. The molecule has 26 heavy (non-hydrogen) atoms. The fourth-order valence-corrected chi connectivity index (χ4v) is 3.74. The smallest absolute Gasteiger partial charge is 0.280 e. The van der Waals surface area contributed by atoms with Gasteiger partial charge in [-0.2, -0.15) is 5.26 Å². The molecule has 2 aromatic rings. The second kappa shape index (κ2) is 9.51. The molecular weight excluding hydrogens is 342 g/mol. The van der Waals surface area contributed by atoms with Crippen molar-refractivity contribution in [1.29, 1.82) is 5.26 Å². The molecule has 1 aromatic carbocycles. The van der Waals surface area contributed by atoms with Crippen LogP contribution >= 0.6 is 11.3 Å². The average molecular weight is 371 g/mol. The highest BCUT2D eigenvalue weighted by Gasteiger charge is 2.21. The molecule has 1 aromatic heterocycles. The van der Waals surface area contributed by atoms with Crippen LogP contribution in [-0.2, 0) is 4.79 Å². The van der Waals surface area contributed by atoms with Gasteiger partial charge < -0.3 is 10.6 Å². The van der Waals surface area contributed by atoms with Crippen LogP contribution in [-0.4, -0.2) is 12.5 Å². The highest BCUT2D eigenvalue weighted by Crippen LogP contribution is 2.23. The van der Waals surface area contributed by atoms with Crippen molar-refractivity contribution in [1.82, 2.24) is 0 Å². The Morgan fingerprint density at radius 2 is 1.85 bits per heavy atom. The molecule has 0 aliphatic carbocycles. The fraction of sp³-hybridized carbons (Fsp3) is 0.429. The molecule has 4 nitrogen and oxygen atoms in total. The van der Waals surface area contributed by atoms with Gasteiger partial charge in [-0.25, -0.2) is 0 Å². The third-order valence-corrected chi connectivity index (χ3v) is 5.65. The van der Waals surface area contributed by atoms with Gasteiger partial charge in [0, 0.05) is 11.5 Å². The van der Waals surface area contributed by atoms with Crippen molar-refractivity contribution < 1.29 is 10.1 Å². The molecule has 1 heterocycles. The van der Waals surface area contributed by atoms with Crippen molar-refractivity contribution in [3.63, 3.8) is 0 Å². The Morgan fingerprint density at radius 1 is 1.19 bits per heavy atom. The lowest BCUT2D eigenvalue weighted by molar-refractivity contribution is -0.692. The molecule has 138 valence electrons. The first kappa shape index (κ1) is 20.2. The third-order valence-electron chi connectivity index (χ3n) is 4.82. The van der Waals surface area contributed by atoms with Gasteiger partial charge in [0.2, 0.25) is 0 Å². The molecule has 0 aliphatic heterocycles. The van der Waals surface area contributed by atoms with Gasteiger partial charge in [-0.1, -0.05) is 52.0 Å². The molecule has 0 saturated heterocycles. The van der Waals surface area contributed by atoms with Crippen LogP contribution in [0, 0.1) is 17.2 Å². The van der Waals surface area contributed by atoms with E-state index in [1.54, 1.807) is 6.07 Å². The Morgan fingerprint density at radius 3 is 2.42 bits per heavy atom. The Labute approximate surface area is 160 Å². The van der Waals surface area contributed by atoms with Crippen molar-refractivity contribution in [2.45, 2.75) is 46.1 Å². The maximum absolute atomic E-state index is 12.3. The van der Waals surface area contributed by atoms with Crippen LogP contribution in [0.25, 0.3) is 0 Å². The minimum atomic E-state index is -0.0779. The lowest BCUT2D eigenvalue weighted by atomic mass is 9.92. The van der Waals surface area contributed by atoms with Gasteiger partial charge in [0.25, 0.3) is 5.91 Å². The molecule has 0 saturated carbocycles. The summed E-state index contributed by atoms with van der Waals surface area (Å²) >= 11 is 1.38. The van der Waals surface area contributed by atoms with Crippen molar-refractivity contribution in [2.24, 2.45) is 5.92 Å². The normalized spacial score (nSPS) is 13.2. The fourth-order valence-electron chi connectivity index (χ4n) is 2.98. The number of carbonyl (C=O) groups excluding carboxylic acids is 1. The largest absolute Gasteiger partial charge is 0.332 e. The number of amides is 1. The summed E-state index contributed by atoms with van der Waals surface area (Å²) < 4.78 is 0. The van der Waals surface area contributed by atoms with E-state index in [2.05, 4.69) is 68.7 Å². The van der Waals surface area contributed by atoms with Crippen LogP contribution in [0.2, 0.25) is 0 Å². The summed E-state index contributed by atoms with van der Waals surface area (Å²) in [6.45, 7) is 9.13. The molecule has 5 heteroatoms. The van der Waals surface area contributed by atoms with Gasteiger partial charge in [0.15, 0.2) is 6.54 Å². The standard InChI is InChI=1S/C21H27N3OS/c1-5-15(4)16-6-8-17(9-7-16)20(14(2)3)23-13-19(25)24-21-18(12-22)10-11-26-21/h6-11,14-15,20,23H,5,13H2,1-4H3,(H,24,25)/p+1/t15-,20-/m1/s1. The summed E-state index contributed by atoms with van der Waals surface area (Å²) in [4.78, 5) is 12.3. The minimum absolute atomic E-state index is 0.0779. The summed E-state index contributed by atoms with van der Waals surface area (Å²) in [6, 6.07) is 12.8. The number of nitriles is 1. The summed E-state index contributed by atoms with van der Waals surface area (Å²) in [5.41, 5.74) is 3.12. The summed E-state index contributed by atoms with van der Waals surface area (Å²) in [6.07, 6.45) is 1.13. The summed E-state index contributed by atoms with van der Waals surface area (Å²) in [7, 11) is 0. The lowest BCUT2D eigenvalue weighted by Gasteiger charge is -2.20. The molecule has 2 rings (SSSR count). The zero-order valence-corrected chi connectivity index (χ0v) is 16.8. The molecule has 0 bridgehead atoms. The highest BCUT2D eigenvalue weighted by molar-refractivity contribution is 7.14. The predicted molar refractivity (Wildman–Crippen MR) is 107 cm³/mol. The van der Waals surface area contributed by atoms with Crippen molar-refractivity contribution in [2.75, 3.05) is 11.9 Å². The molecule has 0 unspecified atom stereocenters. The van der Waals surface area contributed by atoms with E-state index in [9.17, 15) is 4.79 Å². The molecular formula is C21H28N3OS+. The van der Waals surface area contributed by atoms with Crippen LogP contribution in [0.4, 0.5) is 5.00 Å². The number of benzene rings is 1. The third kappa shape index (κ3) is 5.17. The van der Waals surface area contributed by atoms with E-state index in [4.69, 9.17) is 5.26 Å². The highest BCUT2D eigenvalue weighted by atomic mass is 32.1. The number of thiophene rings is 1. The van der Waals surface area contributed by atoms with E-state index in [1.807, 2.05) is 5.38 Å². The Kier molecular flexibility index (Phi) is 7.38. The van der Waals surface area contributed by atoms with Gasteiger partial charge in [-0.05, 0) is 29.3 Å². The maximum Gasteiger partial charge on any atom is 0.280 e. The van der Waals surface area contributed by atoms with Gasteiger partial charge in [-0.3, -0.25) is 4.79 Å². The molecule has 0 aliphatic rings. The SMILES string of the molecule is CC[C@@H](C)c1ccc([C@H]([NH2+]CC(=O)Nc2sccc2C#N)C(C)C)cc1. The zero-order chi connectivity index (χ0) is 19.1. The monoisotopic (exact) mass is 370 g/mol. The number of nitrogens with one attached hydrogen (secondary N) is 1. The van der Waals surface area contributed by atoms with Gasteiger partial charge in [0.05, 0.1) is 5.56 Å². The predicted octanol–water partition coefficient (Wildman–Crippen LogP) is 4.03. The van der Waals surface area contributed by atoms with Crippen molar-refractivity contribution in [3.05, 3.63) is 52.4 Å². The molecule has 0 spiro atoms. The van der Waals surface area contributed by atoms with Gasteiger partial charge in [-0.15, -0.1) is 11.3 Å². The van der Waals surface area contributed by atoms with Crippen molar-refractivity contribution >= 4 is 22.2 Å². The second-order valence-electron chi connectivity index (χ2n) is 7.01. The van der Waals surface area contributed by atoms with Crippen LogP contribution in [0.15, 0.2) is 35.7 Å². The second-order valence-corrected chi connectivity index (χ2v) is 7.93. The number of rotatable bonds is 8. The molecule has 3 N–H and O–H groups in total.